The van der Waals surface area contributed by atoms with Crippen LogP contribution in [0.5, 0.6) is 17.2 Å². The van der Waals surface area contributed by atoms with Crippen molar-refractivity contribution in [3.8, 4) is 17.2 Å². The van der Waals surface area contributed by atoms with Crippen LogP contribution in [0.4, 0.5) is 10.5 Å². The van der Waals surface area contributed by atoms with Gasteiger partial charge in [-0.3, -0.25) is 14.9 Å². The highest BCUT2D eigenvalue weighted by Gasteiger charge is 2.37. The third-order valence-corrected chi connectivity index (χ3v) is 4.27. The summed E-state index contributed by atoms with van der Waals surface area (Å²) in [4.78, 5) is 38.4. The van der Waals surface area contributed by atoms with E-state index < -0.39 is 17.8 Å². The van der Waals surface area contributed by atoms with Gasteiger partial charge in [-0.25, -0.2) is 9.69 Å². The molecule has 28 heavy (non-hydrogen) atoms. The van der Waals surface area contributed by atoms with Crippen molar-refractivity contribution < 1.29 is 29.0 Å². The van der Waals surface area contributed by atoms with Crippen molar-refractivity contribution in [3.63, 3.8) is 0 Å². The second kappa shape index (κ2) is 7.43. The number of carbonyl (C=O) groups excluding carboxylic acids is 3. The third-order valence-electron chi connectivity index (χ3n) is 4.27. The summed E-state index contributed by atoms with van der Waals surface area (Å²) in [7, 11) is 2.73. The van der Waals surface area contributed by atoms with Crippen LogP contribution in [-0.2, 0) is 9.59 Å². The van der Waals surface area contributed by atoms with Gasteiger partial charge in [-0.15, -0.1) is 0 Å². The number of urea groups is 1. The summed E-state index contributed by atoms with van der Waals surface area (Å²) in [6.45, 7) is 1.76. The molecule has 2 aromatic carbocycles. The number of nitrogens with zero attached hydrogens (tertiary/aromatic N) is 1. The Hall–Kier alpha value is -3.81. The molecule has 1 aliphatic rings. The van der Waals surface area contributed by atoms with E-state index in [0.717, 1.165) is 4.90 Å². The molecule has 1 aliphatic heterocycles. The summed E-state index contributed by atoms with van der Waals surface area (Å²) in [6.07, 6.45) is 1.31. The van der Waals surface area contributed by atoms with Gasteiger partial charge in [0.05, 0.1) is 19.9 Å². The van der Waals surface area contributed by atoms with E-state index >= 15 is 0 Å². The number of aryl methyl sites for hydroxylation is 1. The van der Waals surface area contributed by atoms with Crippen LogP contribution in [0.2, 0.25) is 0 Å². The number of methoxy groups -OCH3 is 2. The molecule has 4 amide bonds. The zero-order valence-corrected chi connectivity index (χ0v) is 15.5. The van der Waals surface area contributed by atoms with Crippen molar-refractivity contribution in [1.29, 1.82) is 0 Å². The Balaban J connectivity index is 2.08. The topological polar surface area (TPSA) is 105 Å². The first-order valence-electron chi connectivity index (χ1n) is 8.29. The van der Waals surface area contributed by atoms with Gasteiger partial charge >= 0.3 is 6.03 Å². The van der Waals surface area contributed by atoms with Crippen LogP contribution in [0.3, 0.4) is 0 Å². The molecule has 144 valence electrons. The first-order valence-corrected chi connectivity index (χ1v) is 8.29. The lowest BCUT2D eigenvalue weighted by Crippen LogP contribution is -2.54. The van der Waals surface area contributed by atoms with E-state index in [1.54, 1.807) is 31.2 Å². The maximum absolute atomic E-state index is 12.9. The molecule has 8 nitrogen and oxygen atoms in total. The Morgan fingerprint density at radius 3 is 2.21 bits per heavy atom. The van der Waals surface area contributed by atoms with Crippen molar-refractivity contribution in [2.24, 2.45) is 0 Å². The highest BCUT2D eigenvalue weighted by atomic mass is 16.5. The number of hydrogen-bond acceptors (Lipinski definition) is 6. The molecule has 0 saturated carbocycles. The molecule has 1 heterocycles. The number of phenolic OH excluding ortho intramolecular Hbond substituents is 1. The first kappa shape index (κ1) is 19.0. The van der Waals surface area contributed by atoms with Crippen molar-refractivity contribution >= 4 is 29.6 Å². The molecule has 1 fully saturated rings. The van der Waals surface area contributed by atoms with Crippen molar-refractivity contribution in [1.82, 2.24) is 5.32 Å². The molecule has 2 aromatic rings. The van der Waals surface area contributed by atoms with Crippen LogP contribution in [0.15, 0.2) is 42.0 Å². The zero-order valence-electron chi connectivity index (χ0n) is 15.5. The van der Waals surface area contributed by atoms with Crippen molar-refractivity contribution in [3.05, 3.63) is 53.1 Å². The Morgan fingerprint density at radius 1 is 1.04 bits per heavy atom. The zero-order chi connectivity index (χ0) is 20.4. The number of para-hydroxylation sites is 1. The average Bonchev–Trinajstić information content (AvgIpc) is 2.67. The number of barbiturate groups is 1. The molecule has 0 aliphatic carbocycles. The molecule has 0 aromatic heterocycles. The van der Waals surface area contributed by atoms with E-state index in [4.69, 9.17) is 9.47 Å². The summed E-state index contributed by atoms with van der Waals surface area (Å²) in [6, 6.07) is 8.92. The van der Waals surface area contributed by atoms with Gasteiger partial charge in [0.2, 0.25) is 5.75 Å². The minimum absolute atomic E-state index is 0.113. The molecule has 1 saturated heterocycles. The standard InChI is InChI=1S/C20H18N2O6/c1-11-6-4-5-7-14(11)22-19(25)13(18(24)21-20(22)26)8-12-9-15(27-2)17(23)16(10-12)28-3/h4-10,23H,1-3H3,(H,21,24,26). The minimum Gasteiger partial charge on any atom is -0.502 e. The number of carbonyl (C=O) groups is 3. The molecular weight excluding hydrogens is 364 g/mol. The van der Waals surface area contributed by atoms with Gasteiger partial charge in [-0.05, 0) is 42.3 Å². The average molecular weight is 382 g/mol. The van der Waals surface area contributed by atoms with Gasteiger partial charge in [0.25, 0.3) is 11.8 Å². The number of hydrogen-bond donors (Lipinski definition) is 2. The lowest BCUT2D eigenvalue weighted by Gasteiger charge is -2.27. The number of ether oxygens (including phenoxy) is 2. The second-order valence-corrected chi connectivity index (χ2v) is 6.02. The Morgan fingerprint density at radius 2 is 1.64 bits per heavy atom. The van der Waals surface area contributed by atoms with Crippen molar-refractivity contribution in [2.75, 3.05) is 19.1 Å². The Kier molecular flexibility index (Phi) is 5.04. The number of rotatable bonds is 4. The fraction of sp³-hybridized carbons (Fsp3) is 0.150. The molecule has 0 unspecified atom stereocenters. The number of aromatic hydroxyl groups is 1. The Labute approximate surface area is 161 Å². The van der Waals surface area contributed by atoms with E-state index in [2.05, 4.69) is 5.32 Å². The summed E-state index contributed by atoms with van der Waals surface area (Å²) in [5.74, 6) is -1.55. The van der Waals surface area contributed by atoms with Crippen LogP contribution >= 0.6 is 0 Å². The summed E-state index contributed by atoms with van der Waals surface area (Å²) >= 11 is 0. The maximum Gasteiger partial charge on any atom is 0.335 e. The Bertz CT molecular complexity index is 987. The fourth-order valence-corrected chi connectivity index (χ4v) is 2.85. The van der Waals surface area contributed by atoms with Crippen LogP contribution in [-0.4, -0.2) is 37.2 Å². The number of phenols is 1. The number of nitrogens with one attached hydrogen (secondary N) is 1. The maximum atomic E-state index is 12.9. The van der Waals surface area contributed by atoms with Gasteiger partial charge in [-0.1, -0.05) is 18.2 Å². The monoisotopic (exact) mass is 382 g/mol. The van der Waals surface area contributed by atoms with Crippen molar-refractivity contribution in [2.45, 2.75) is 6.92 Å². The molecule has 2 N–H and O–H groups in total. The second-order valence-electron chi connectivity index (χ2n) is 6.02. The van der Waals surface area contributed by atoms with Gasteiger partial charge in [-0.2, -0.15) is 0 Å². The van der Waals surface area contributed by atoms with Gasteiger partial charge in [0.15, 0.2) is 11.5 Å². The molecule has 0 bridgehead atoms. The van der Waals surface area contributed by atoms with Gasteiger partial charge in [0, 0.05) is 0 Å². The first-order chi connectivity index (χ1) is 13.4. The molecule has 8 heteroatoms. The molecule has 0 radical (unpaired) electrons. The fourth-order valence-electron chi connectivity index (χ4n) is 2.85. The number of amides is 4. The normalized spacial score (nSPS) is 15.6. The number of anilines is 1. The summed E-state index contributed by atoms with van der Waals surface area (Å²) < 4.78 is 10.2. The highest BCUT2D eigenvalue weighted by molar-refractivity contribution is 6.39. The van der Waals surface area contributed by atoms with Gasteiger partial charge < -0.3 is 14.6 Å². The van der Waals surface area contributed by atoms with Gasteiger partial charge in [0.1, 0.15) is 5.57 Å². The summed E-state index contributed by atoms with van der Waals surface area (Å²) in [5, 5.41) is 12.2. The predicted molar refractivity (Wildman–Crippen MR) is 101 cm³/mol. The SMILES string of the molecule is COc1cc(C=C2C(=O)NC(=O)N(c3ccccc3C)C2=O)cc(OC)c1O. The molecule has 3 rings (SSSR count). The van der Waals surface area contributed by atoms with Crippen LogP contribution in [0.1, 0.15) is 11.1 Å². The van der Waals surface area contributed by atoms with E-state index in [9.17, 15) is 19.5 Å². The smallest absolute Gasteiger partial charge is 0.335 e. The van der Waals surface area contributed by atoms with E-state index in [1.165, 1.54) is 32.4 Å². The lowest BCUT2D eigenvalue weighted by molar-refractivity contribution is -0.122. The molecular formula is C20H18N2O6. The summed E-state index contributed by atoms with van der Waals surface area (Å²) in [5.41, 5.74) is 1.22. The minimum atomic E-state index is -0.817. The van der Waals surface area contributed by atoms with Crippen LogP contribution < -0.4 is 19.7 Å². The van der Waals surface area contributed by atoms with Crippen LogP contribution in [0.25, 0.3) is 6.08 Å². The van der Waals surface area contributed by atoms with E-state index in [-0.39, 0.29) is 22.8 Å². The predicted octanol–water partition coefficient (Wildman–Crippen LogP) is 2.38. The lowest BCUT2D eigenvalue weighted by atomic mass is 10.0. The third kappa shape index (κ3) is 3.27. The number of benzene rings is 2. The molecule has 0 spiro atoms. The number of imide groups is 2. The van der Waals surface area contributed by atoms with Crippen LogP contribution in [0, 0.1) is 6.92 Å². The highest BCUT2D eigenvalue weighted by Crippen LogP contribution is 2.38. The van der Waals surface area contributed by atoms with E-state index in [1.807, 2.05) is 0 Å². The quantitative estimate of drug-likeness (QED) is 0.621. The largest absolute Gasteiger partial charge is 0.502 e. The molecule has 0 atom stereocenters. The van der Waals surface area contributed by atoms with E-state index in [0.29, 0.717) is 16.8 Å².